The number of benzene rings is 1. The summed E-state index contributed by atoms with van der Waals surface area (Å²) in [5, 5.41) is 27.6. The van der Waals surface area contributed by atoms with Crippen LogP contribution in [0.3, 0.4) is 0 Å². The fourth-order valence-electron chi connectivity index (χ4n) is 1.07. The second-order valence-corrected chi connectivity index (χ2v) is 2.66. The second-order valence-electron chi connectivity index (χ2n) is 2.66. The maximum atomic E-state index is 9.33. The van der Waals surface area contributed by atoms with E-state index in [2.05, 4.69) is 6.58 Å². The molecule has 0 bridgehead atoms. The summed E-state index contributed by atoms with van der Waals surface area (Å²) in [5.74, 6) is -0.704. The maximum absolute atomic E-state index is 9.33. The van der Waals surface area contributed by atoms with Crippen LogP contribution in [0.1, 0.15) is 11.6 Å². The van der Waals surface area contributed by atoms with Gasteiger partial charge in [-0.3, -0.25) is 0 Å². The summed E-state index contributed by atoms with van der Waals surface area (Å²) in [7, 11) is 0. The van der Waals surface area contributed by atoms with Gasteiger partial charge in [0, 0.05) is 12.1 Å². The topological polar surface area (TPSA) is 86.7 Å². The number of nitrogens with two attached hydrogens (primary N) is 1. The predicted octanol–water partition coefficient (Wildman–Crippen LogP) is 1.41. The van der Waals surface area contributed by atoms with Crippen LogP contribution in [0.4, 0.5) is 0 Å². The van der Waals surface area contributed by atoms with E-state index < -0.39 is 6.04 Å². The molecule has 0 aliphatic heterocycles. The third kappa shape index (κ3) is 2.31. The van der Waals surface area contributed by atoms with Crippen LogP contribution >= 0.6 is 12.4 Å². The van der Waals surface area contributed by atoms with Gasteiger partial charge in [-0.25, -0.2) is 0 Å². The van der Waals surface area contributed by atoms with Crippen LogP contribution in [-0.2, 0) is 0 Å². The van der Waals surface area contributed by atoms with E-state index in [0.717, 1.165) is 12.1 Å². The number of rotatable bonds is 2. The molecule has 0 aliphatic carbocycles. The minimum Gasteiger partial charge on any atom is -0.508 e. The highest BCUT2D eigenvalue weighted by Gasteiger charge is 2.14. The molecule has 1 aromatic carbocycles. The molecule has 0 aliphatic rings. The molecule has 1 atom stereocenters. The first-order valence-corrected chi connectivity index (χ1v) is 3.69. The Labute approximate surface area is 87.7 Å². The highest BCUT2D eigenvalue weighted by molar-refractivity contribution is 5.85. The van der Waals surface area contributed by atoms with Crippen molar-refractivity contribution in [2.24, 2.45) is 5.73 Å². The highest BCUT2D eigenvalue weighted by Crippen LogP contribution is 2.35. The quantitative estimate of drug-likeness (QED) is 0.564. The van der Waals surface area contributed by atoms with Gasteiger partial charge in [0.25, 0.3) is 0 Å². The minimum atomic E-state index is -0.652. The Morgan fingerprint density at radius 2 is 1.64 bits per heavy atom. The van der Waals surface area contributed by atoms with E-state index in [9.17, 15) is 10.2 Å². The van der Waals surface area contributed by atoms with Crippen molar-refractivity contribution in [3.63, 3.8) is 0 Å². The van der Waals surface area contributed by atoms with Gasteiger partial charge in [-0.15, -0.1) is 19.0 Å². The molecule has 0 saturated carbocycles. The van der Waals surface area contributed by atoms with Crippen LogP contribution in [0.25, 0.3) is 0 Å². The summed E-state index contributed by atoms with van der Waals surface area (Å²) in [6, 6.07) is 1.57. The first-order chi connectivity index (χ1) is 6.06. The first kappa shape index (κ1) is 12.6. The molecule has 0 saturated heterocycles. The fraction of sp³-hybridized carbons (Fsp3) is 0.111. The maximum Gasteiger partial charge on any atom is 0.128 e. The van der Waals surface area contributed by atoms with E-state index in [-0.39, 0.29) is 35.2 Å². The molecule has 0 radical (unpaired) electrons. The molecule has 0 heterocycles. The minimum absolute atomic E-state index is 0. The van der Waals surface area contributed by atoms with Gasteiger partial charge in [0.15, 0.2) is 0 Å². The summed E-state index contributed by atoms with van der Waals surface area (Å²) in [6.45, 7) is 3.43. The molecule has 1 aromatic rings. The molecular formula is C9H12ClNO3. The van der Waals surface area contributed by atoms with Crippen LogP contribution in [0.2, 0.25) is 0 Å². The number of hydrogen-bond acceptors (Lipinski definition) is 4. The van der Waals surface area contributed by atoms with Gasteiger partial charge in [-0.2, -0.15) is 0 Å². The number of aromatic hydroxyl groups is 3. The lowest BCUT2D eigenvalue weighted by atomic mass is 10.1. The molecule has 0 amide bonds. The molecule has 0 unspecified atom stereocenters. The van der Waals surface area contributed by atoms with Gasteiger partial charge in [0.2, 0.25) is 0 Å². The van der Waals surface area contributed by atoms with Crippen molar-refractivity contribution in [2.45, 2.75) is 6.04 Å². The number of phenolic OH excluding ortho intramolecular Hbond substituents is 3. The van der Waals surface area contributed by atoms with E-state index in [1.165, 1.54) is 6.08 Å². The zero-order valence-corrected chi connectivity index (χ0v) is 8.16. The van der Waals surface area contributed by atoms with Gasteiger partial charge in [0.1, 0.15) is 17.2 Å². The molecule has 14 heavy (non-hydrogen) atoms. The summed E-state index contributed by atoms with van der Waals surface area (Å²) in [5.41, 5.74) is 5.69. The SMILES string of the molecule is C=C[C@@H](N)c1c(O)cc(O)cc1O.Cl. The second kappa shape index (κ2) is 4.74. The molecule has 1 rings (SSSR count). The largest absolute Gasteiger partial charge is 0.508 e. The van der Waals surface area contributed by atoms with Gasteiger partial charge in [0.05, 0.1) is 11.6 Å². The summed E-state index contributed by atoms with van der Waals surface area (Å²) < 4.78 is 0. The molecule has 4 nitrogen and oxygen atoms in total. The Morgan fingerprint density at radius 1 is 1.21 bits per heavy atom. The smallest absolute Gasteiger partial charge is 0.128 e. The summed E-state index contributed by atoms with van der Waals surface area (Å²) >= 11 is 0. The standard InChI is InChI=1S/C9H11NO3.ClH/c1-2-6(10)9-7(12)3-5(11)4-8(9)13;/h2-4,6,11-13H,1,10H2;1H/t6-;/m1./s1. The number of phenols is 3. The average molecular weight is 218 g/mol. The Balaban J connectivity index is 0.00000169. The lowest BCUT2D eigenvalue weighted by Gasteiger charge is -2.11. The monoisotopic (exact) mass is 217 g/mol. The third-order valence-corrected chi connectivity index (χ3v) is 1.71. The van der Waals surface area contributed by atoms with E-state index in [1.807, 2.05) is 0 Å². The highest BCUT2D eigenvalue weighted by atomic mass is 35.5. The summed E-state index contributed by atoms with van der Waals surface area (Å²) in [4.78, 5) is 0. The van der Waals surface area contributed by atoms with Gasteiger partial charge in [-0.1, -0.05) is 6.08 Å². The Bertz CT molecular complexity index is 318. The number of halogens is 1. The molecule has 0 aromatic heterocycles. The third-order valence-electron chi connectivity index (χ3n) is 1.71. The molecule has 5 heteroatoms. The zero-order valence-electron chi connectivity index (χ0n) is 7.34. The summed E-state index contributed by atoms with van der Waals surface area (Å²) in [6.07, 6.45) is 1.38. The molecule has 5 N–H and O–H groups in total. The molecule has 0 fully saturated rings. The fourth-order valence-corrected chi connectivity index (χ4v) is 1.07. The zero-order chi connectivity index (χ0) is 10.0. The van der Waals surface area contributed by atoms with Crippen molar-refractivity contribution in [1.29, 1.82) is 0 Å². The van der Waals surface area contributed by atoms with E-state index in [1.54, 1.807) is 0 Å². The normalized spacial score (nSPS) is 11.5. The van der Waals surface area contributed by atoms with Crippen molar-refractivity contribution in [3.8, 4) is 17.2 Å². The van der Waals surface area contributed by atoms with Crippen molar-refractivity contribution >= 4 is 12.4 Å². The predicted molar refractivity (Wildman–Crippen MR) is 55.8 cm³/mol. The van der Waals surface area contributed by atoms with Gasteiger partial charge < -0.3 is 21.1 Å². The Kier molecular flexibility index (Phi) is 4.27. The van der Waals surface area contributed by atoms with E-state index in [0.29, 0.717) is 0 Å². The van der Waals surface area contributed by atoms with Gasteiger partial charge >= 0.3 is 0 Å². The van der Waals surface area contributed by atoms with E-state index >= 15 is 0 Å². The van der Waals surface area contributed by atoms with Crippen LogP contribution < -0.4 is 5.73 Å². The Hall–Kier alpha value is -1.39. The van der Waals surface area contributed by atoms with Crippen molar-refractivity contribution in [1.82, 2.24) is 0 Å². The van der Waals surface area contributed by atoms with Crippen LogP contribution in [0.15, 0.2) is 24.8 Å². The van der Waals surface area contributed by atoms with E-state index in [4.69, 9.17) is 10.8 Å². The Morgan fingerprint density at radius 3 is 2.00 bits per heavy atom. The first-order valence-electron chi connectivity index (χ1n) is 3.69. The average Bonchev–Trinajstić information content (AvgIpc) is 2.02. The van der Waals surface area contributed by atoms with Crippen LogP contribution in [-0.4, -0.2) is 15.3 Å². The van der Waals surface area contributed by atoms with Crippen molar-refractivity contribution in [2.75, 3.05) is 0 Å². The molecular weight excluding hydrogens is 206 g/mol. The van der Waals surface area contributed by atoms with Crippen molar-refractivity contribution in [3.05, 3.63) is 30.4 Å². The molecule has 78 valence electrons. The number of hydrogen-bond donors (Lipinski definition) is 4. The van der Waals surface area contributed by atoms with Crippen molar-refractivity contribution < 1.29 is 15.3 Å². The molecule has 0 spiro atoms. The lowest BCUT2D eigenvalue weighted by Crippen LogP contribution is -2.06. The van der Waals surface area contributed by atoms with Crippen LogP contribution in [0, 0.1) is 0 Å². The van der Waals surface area contributed by atoms with Crippen LogP contribution in [0.5, 0.6) is 17.2 Å². The van der Waals surface area contributed by atoms with Gasteiger partial charge in [-0.05, 0) is 0 Å². The lowest BCUT2D eigenvalue weighted by molar-refractivity contribution is 0.416.